The van der Waals surface area contributed by atoms with Gasteiger partial charge in [0, 0.05) is 48.2 Å². The fourth-order valence-electron chi connectivity index (χ4n) is 8.51. The molecule has 0 radical (unpaired) electrons. The number of hydrogen-bond donors (Lipinski definition) is 0. The number of rotatable bonds is 6. The number of furan rings is 1. The van der Waals surface area contributed by atoms with Crippen LogP contribution in [0.5, 0.6) is 0 Å². The van der Waals surface area contributed by atoms with E-state index in [2.05, 4.69) is 157 Å². The van der Waals surface area contributed by atoms with Gasteiger partial charge >= 0.3 is 0 Å². The number of anilines is 3. The maximum absolute atomic E-state index is 6.45. The molecule has 0 bridgehead atoms. The van der Waals surface area contributed by atoms with Crippen LogP contribution in [0.3, 0.4) is 0 Å². The van der Waals surface area contributed by atoms with Crippen LogP contribution in [-0.2, 0) is 0 Å². The minimum atomic E-state index is 0.604. The van der Waals surface area contributed by atoms with Crippen molar-refractivity contribution in [3.8, 4) is 33.7 Å². The first-order valence-electron chi connectivity index (χ1n) is 19.4. The van der Waals surface area contributed by atoms with Gasteiger partial charge in [0.05, 0.1) is 5.39 Å². The molecule has 3 aromatic heterocycles. The lowest BCUT2D eigenvalue weighted by Gasteiger charge is -2.26. The molecule has 0 N–H and O–H groups in total. The summed E-state index contributed by atoms with van der Waals surface area (Å²) in [5.41, 5.74) is 12.0. The van der Waals surface area contributed by atoms with Crippen LogP contribution in [0.25, 0.3) is 97.7 Å². The van der Waals surface area contributed by atoms with Crippen LogP contribution in [-0.4, -0.2) is 4.98 Å². The van der Waals surface area contributed by atoms with Gasteiger partial charge in [-0.1, -0.05) is 115 Å². The molecular formula is C53H32N2O2S. The fraction of sp³-hybridized carbons (Fsp3) is 0. The Hall–Kier alpha value is -7.47. The lowest BCUT2D eigenvalue weighted by molar-refractivity contribution is 0.619. The molecule has 12 aromatic rings. The highest BCUT2D eigenvalue weighted by Crippen LogP contribution is 2.43. The third-order valence-corrected chi connectivity index (χ3v) is 12.5. The van der Waals surface area contributed by atoms with Gasteiger partial charge in [-0.15, -0.1) is 11.3 Å². The number of hydrogen-bond acceptors (Lipinski definition) is 5. The second kappa shape index (κ2) is 13.1. The van der Waals surface area contributed by atoms with E-state index >= 15 is 0 Å². The summed E-state index contributed by atoms with van der Waals surface area (Å²) < 4.78 is 15.2. The summed E-state index contributed by atoms with van der Waals surface area (Å²) in [6, 6.07) is 68.8. The molecule has 0 atom stereocenters. The van der Waals surface area contributed by atoms with Gasteiger partial charge in [-0.05, 0) is 112 Å². The van der Waals surface area contributed by atoms with Crippen molar-refractivity contribution in [1.29, 1.82) is 0 Å². The molecule has 0 aliphatic carbocycles. The summed E-state index contributed by atoms with van der Waals surface area (Å²) >= 11 is 1.84. The summed E-state index contributed by atoms with van der Waals surface area (Å²) in [4.78, 5) is 7.28. The maximum atomic E-state index is 6.45. The predicted molar refractivity (Wildman–Crippen MR) is 243 cm³/mol. The molecule has 58 heavy (non-hydrogen) atoms. The lowest BCUT2D eigenvalue weighted by Crippen LogP contribution is -2.09. The van der Waals surface area contributed by atoms with Crippen LogP contribution < -0.4 is 4.90 Å². The van der Waals surface area contributed by atoms with Gasteiger partial charge in [0.2, 0.25) is 5.89 Å². The predicted octanol–water partition coefficient (Wildman–Crippen LogP) is 15.7. The van der Waals surface area contributed by atoms with Crippen LogP contribution in [0.2, 0.25) is 0 Å². The topological polar surface area (TPSA) is 42.4 Å². The first-order valence-corrected chi connectivity index (χ1v) is 20.2. The molecule has 5 heteroatoms. The van der Waals surface area contributed by atoms with E-state index < -0.39 is 0 Å². The van der Waals surface area contributed by atoms with Crippen LogP contribution in [0.4, 0.5) is 17.1 Å². The molecule has 12 rings (SSSR count). The molecule has 0 unspecified atom stereocenters. The quantitative estimate of drug-likeness (QED) is 0.169. The first-order chi connectivity index (χ1) is 28.7. The summed E-state index contributed by atoms with van der Waals surface area (Å²) in [5.74, 6) is 0.604. The third kappa shape index (κ3) is 5.32. The van der Waals surface area contributed by atoms with Crippen molar-refractivity contribution in [2.24, 2.45) is 0 Å². The molecule has 0 aliphatic rings. The van der Waals surface area contributed by atoms with E-state index in [-0.39, 0.29) is 0 Å². The first kappa shape index (κ1) is 32.7. The maximum Gasteiger partial charge on any atom is 0.227 e. The van der Waals surface area contributed by atoms with E-state index in [9.17, 15) is 0 Å². The van der Waals surface area contributed by atoms with E-state index in [1.54, 1.807) is 0 Å². The standard InChI is InChI=1S/C53H32N2O2S/c1-2-10-36(11-3-1)53-54-52-47(57-53)30-29-46-51(52)45-27-21-37(31-48(45)56-46)33-17-22-38(23-18-33)55(40-26-28-44-43-14-6-7-16-49(43)58-50(44)32-40)39-24-19-35(20-25-39)42-15-8-12-34-9-4-5-13-41(34)42/h1-32H. The van der Waals surface area contributed by atoms with Crippen molar-refractivity contribution in [3.05, 3.63) is 194 Å². The Morgan fingerprint density at radius 1 is 0.397 bits per heavy atom. The largest absolute Gasteiger partial charge is 0.456 e. The molecule has 0 spiro atoms. The van der Waals surface area contributed by atoms with Crippen molar-refractivity contribution >= 4 is 92.4 Å². The van der Waals surface area contributed by atoms with Crippen molar-refractivity contribution in [3.63, 3.8) is 0 Å². The number of aromatic nitrogens is 1. The Morgan fingerprint density at radius 3 is 1.90 bits per heavy atom. The van der Waals surface area contributed by atoms with Crippen LogP contribution in [0, 0.1) is 0 Å². The number of oxazole rings is 1. The summed E-state index contributed by atoms with van der Waals surface area (Å²) in [6.45, 7) is 0. The number of benzene rings is 9. The van der Waals surface area contributed by atoms with Gasteiger partial charge < -0.3 is 13.7 Å². The summed E-state index contributed by atoms with van der Waals surface area (Å²) in [7, 11) is 0. The van der Waals surface area contributed by atoms with E-state index in [1.165, 1.54) is 42.1 Å². The normalized spacial score (nSPS) is 11.8. The molecule has 0 saturated carbocycles. The minimum absolute atomic E-state index is 0.604. The smallest absolute Gasteiger partial charge is 0.227 e. The average molecular weight is 761 g/mol. The van der Waals surface area contributed by atoms with Crippen LogP contribution in [0.1, 0.15) is 0 Å². The number of fused-ring (bicyclic) bond motifs is 9. The molecule has 3 heterocycles. The fourth-order valence-corrected chi connectivity index (χ4v) is 9.65. The highest BCUT2D eigenvalue weighted by Gasteiger charge is 2.19. The number of thiophene rings is 1. The molecular weight excluding hydrogens is 729 g/mol. The molecule has 9 aromatic carbocycles. The zero-order valence-corrected chi connectivity index (χ0v) is 31.9. The van der Waals surface area contributed by atoms with Gasteiger partial charge in [-0.3, -0.25) is 0 Å². The second-order valence-electron chi connectivity index (χ2n) is 14.7. The van der Waals surface area contributed by atoms with E-state index in [0.29, 0.717) is 5.89 Å². The highest BCUT2D eigenvalue weighted by molar-refractivity contribution is 7.25. The van der Waals surface area contributed by atoms with Gasteiger partial charge in [0.25, 0.3) is 0 Å². The van der Waals surface area contributed by atoms with Gasteiger partial charge in [0.15, 0.2) is 5.58 Å². The Kier molecular flexibility index (Phi) is 7.37. The van der Waals surface area contributed by atoms with Crippen molar-refractivity contribution < 1.29 is 8.83 Å². The van der Waals surface area contributed by atoms with E-state index in [1.807, 2.05) is 53.8 Å². The Labute approximate surface area is 337 Å². The third-order valence-electron chi connectivity index (χ3n) is 11.3. The Balaban J connectivity index is 0.932. The monoisotopic (exact) mass is 760 g/mol. The highest BCUT2D eigenvalue weighted by atomic mass is 32.1. The zero-order chi connectivity index (χ0) is 38.2. The molecule has 4 nitrogen and oxygen atoms in total. The summed E-state index contributed by atoms with van der Waals surface area (Å²) in [6.07, 6.45) is 0. The van der Waals surface area contributed by atoms with Gasteiger partial charge in [-0.25, -0.2) is 4.98 Å². The molecule has 0 fully saturated rings. The van der Waals surface area contributed by atoms with Crippen LogP contribution in [0.15, 0.2) is 203 Å². The average Bonchev–Trinajstić information content (AvgIpc) is 4.00. The van der Waals surface area contributed by atoms with Crippen molar-refractivity contribution in [1.82, 2.24) is 4.98 Å². The molecule has 0 amide bonds. The SMILES string of the molecule is c1ccc(-c2nc3c(ccc4oc5cc(-c6ccc(N(c7ccc(-c8cccc9ccccc89)cc7)c7ccc8c(c7)sc7ccccc78)cc6)ccc5c43)o2)cc1. The second-order valence-corrected chi connectivity index (χ2v) is 15.8. The van der Waals surface area contributed by atoms with Gasteiger partial charge in [0.1, 0.15) is 16.7 Å². The Bertz CT molecular complexity index is 3500. The van der Waals surface area contributed by atoms with Crippen molar-refractivity contribution in [2.45, 2.75) is 0 Å². The molecule has 272 valence electrons. The summed E-state index contributed by atoms with van der Waals surface area (Å²) in [5, 5.41) is 7.07. The van der Waals surface area contributed by atoms with Crippen LogP contribution >= 0.6 is 11.3 Å². The minimum Gasteiger partial charge on any atom is -0.456 e. The number of nitrogens with zero attached hydrogens (tertiary/aromatic N) is 2. The molecule has 0 saturated heterocycles. The lowest BCUT2D eigenvalue weighted by atomic mass is 9.98. The zero-order valence-electron chi connectivity index (χ0n) is 31.1. The van der Waals surface area contributed by atoms with E-state index in [4.69, 9.17) is 13.8 Å². The van der Waals surface area contributed by atoms with Gasteiger partial charge in [-0.2, -0.15) is 0 Å². The molecule has 0 aliphatic heterocycles. The van der Waals surface area contributed by atoms with E-state index in [0.717, 1.165) is 66.8 Å². The van der Waals surface area contributed by atoms with Crippen molar-refractivity contribution in [2.75, 3.05) is 4.90 Å². The Morgan fingerprint density at radius 2 is 1.05 bits per heavy atom.